The molecule has 1 fully saturated rings. The Morgan fingerprint density at radius 3 is 2.59 bits per heavy atom. The normalized spacial score (nSPS) is 17.2. The van der Waals surface area contributed by atoms with E-state index in [9.17, 15) is 13.2 Å². The first kappa shape index (κ1) is 20.7. The number of carbonyl (C=O) groups excluding carboxylic acids is 1. The Hall–Kier alpha value is -3.17. The van der Waals surface area contributed by atoms with Crippen molar-refractivity contribution in [2.75, 3.05) is 31.6 Å². The fraction of sp³-hybridized carbons (Fsp3) is 0.304. The molecule has 0 saturated carbocycles. The van der Waals surface area contributed by atoms with Crippen molar-refractivity contribution in [1.29, 1.82) is 0 Å². The van der Waals surface area contributed by atoms with Crippen LogP contribution in [0.3, 0.4) is 0 Å². The van der Waals surface area contributed by atoms with Crippen LogP contribution in [0.1, 0.15) is 12.8 Å². The molecule has 0 radical (unpaired) electrons. The summed E-state index contributed by atoms with van der Waals surface area (Å²) in [5.74, 6) is 0.636. The van der Waals surface area contributed by atoms with Crippen LogP contribution in [-0.2, 0) is 14.8 Å². The minimum atomic E-state index is -3.67. The van der Waals surface area contributed by atoms with Crippen LogP contribution in [0, 0.1) is 5.92 Å². The zero-order chi connectivity index (χ0) is 22.1. The zero-order valence-electron chi connectivity index (χ0n) is 17.4. The Balaban J connectivity index is 1.26. The van der Waals surface area contributed by atoms with Crippen LogP contribution in [-0.4, -0.2) is 49.9 Å². The van der Waals surface area contributed by atoms with Gasteiger partial charge in [0.2, 0.25) is 15.9 Å². The van der Waals surface area contributed by atoms with Crippen LogP contribution >= 0.6 is 0 Å². The lowest BCUT2D eigenvalue weighted by atomic mass is 9.97. The van der Waals surface area contributed by atoms with Gasteiger partial charge in [0.15, 0.2) is 11.5 Å². The van der Waals surface area contributed by atoms with E-state index in [1.807, 2.05) is 30.3 Å². The van der Waals surface area contributed by atoms with E-state index in [0.717, 1.165) is 10.9 Å². The van der Waals surface area contributed by atoms with Gasteiger partial charge in [0.05, 0.1) is 16.1 Å². The van der Waals surface area contributed by atoms with Crippen LogP contribution in [0.4, 0.5) is 5.69 Å². The summed E-state index contributed by atoms with van der Waals surface area (Å²) in [5, 5.41) is 3.87. The molecule has 1 amide bonds. The van der Waals surface area contributed by atoms with Crippen molar-refractivity contribution in [3.05, 3.63) is 54.7 Å². The number of aromatic nitrogens is 1. The third kappa shape index (κ3) is 3.89. The molecule has 166 valence electrons. The second-order valence-electron chi connectivity index (χ2n) is 7.85. The van der Waals surface area contributed by atoms with Crippen LogP contribution < -0.4 is 14.8 Å². The van der Waals surface area contributed by atoms with Crippen molar-refractivity contribution in [3.63, 3.8) is 0 Å². The van der Waals surface area contributed by atoms with Crippen molar-refractivity contribution >= 4 is 32.5 Å². The summed E-state index contributed by atoms with van der Waals surface area (Å²) in [5.41, 5.74) is 1.53. The molecule has 2 aliphatic heterocycles. The van der Waals surface area contributed by atoms with Crippen LogP contribution in [0.15, 0.2) is 59.6 Å². The molecule has 2 aromatic carbocycles. The average Bonchev–Trinajstić information content (AvgIpc) is 2.84. The minimum absolute atomic E-state index is 0.0993. The van der Waals surface area contributed by atoms with Gasteiger partial charge in [0.1, 0.15) is 13.2 Å². The molecule has 0 spiro atoms. The topological polar surface area (TPSA) is 97.8 Å². The maximum absolute atomic E-state index is 13.1. The standard InChI is InChI=1S/C23H23N3O5S/c27-23(25-20-5-1-4-19-18(20)3-2-10-24-19)16-8-11-26(12-9-16)32(28,29)17-6-7-21-22(15-17)31-14-13-30-21/h1-7,10,15-16H,8-9,11-14H2,(H,25,27). The number of piperidine rings is 1. The van der Waals surface area contributed by atoms with Gasteiger partial charge in [0.25, 0.3) is 0 Å². The summed E-state index contributed by atoms with van der Waals surface area (Å²) in [6.07, 6.45) is 2.63. The smallest absolute Gasteiger partial charge is 0.243 e. The molecule has 1 saturated heterocycles. The second-order valence-corrected chi connectivity index (χ2v) is 9.79. The number of hydrogen-bond donors (Lipinski definition) is 1. The van der Waals surface area contributed by atoms with Gasteiger partial charge in [-0.1, -0.05) is 6.07 Å². The fourth-order valence-corrected chi connectivity index (χ4v) is 5.62. The molecule has 9 heteroatoms. The van der Waals surface area contributed by atoms with E-state index in [1.54, 1.807) is 12.3 Å². The summed E-state index contributed by atoms with van der Waals surface area (Å²) in [7, 11) is -3.67. The van der Waals surface area contributed by atoms with E-state index in [0.29, 0.717) is 43.2 Å². The van der Waals surface area contributed by atoms with Crippen molar-refractivity contribution < 1.29 is 22.7 Å². The summed E-state index contributed by atoms with van der Waals surface area (Å²) in [6.45, 7) is 1.41. The molecule has 0 bridgehead atoms. The molecular weight excluding hydrogens is 430 g/mol. The predicted octanol–water partition coefficient (Wildman–Crippen LogP) is 3.05. The summed E-state index contributed by atoms with van der Waals surface area (Å²) in [6, 6.07) is 14.0. The van der Waals surface area contributed by atoms with Gasteiger partial charge in [-0.2, -0.15) is 4.31 Å². The van der Waals surface area contributed by atoms with Crippen LogP contribution in [0.5, 0.6) is 11.5 Å². The van der Waals surface area contributed by atoms with E-state index in [1.165, 1.54) is 16.4 Å². The highest BCUT2D eigenvalue weighted by Crippen LogP contribution is 2.34. The number of nitrogens with zero attached hydrogens (tertiary/aromatic N) is 2. The number of anilines is 1. The molecule has 32 heavy (non-hydrogen) atoms. The van der Waals surface area contributed by atoms with Crippen molar-refractivity contribution in [3.8, 4) is 11.5 Å². The average molecular weight is 454 g/mol. The number of amides is 1. The second kappa shape index (κ2) is 8.40. The third-order valence-corrected chi connectivity index (χ3v) is 7.77. The molecule has 0 aliphatic carbocycles. The highest BCUT2D eigenvalue weighted by molar-refractivity contribution is 7.89. The van der Waals surface area contributed by atoms with Gasteiger partial charge in [-0.3, -0.25) is 9.78 Å². The quantitative estimate of drug-likeness (QED) is 0.652. The number of carbonyl (C=O) groups is 1. The SMILES string of the molecule is O=C(Nc1cccc2ncccc12)C1CCN(S(=O)(=O)c2ccc3c(c2)OCCO3)CC1. The van der Waals surface area contributed by atoms with Gasteiger partial charge in [-0.15, -0.1) is 0 Å². The van der Waals surface area contributed by atoms with Gasteiger partial charge in [-0.05, 0) is 49.2 Å². The number of sulfonamides is 1. The molecule has 2 aliphatic rings. The molecule has 3 aromatic rings. The largest absolute Gasteiger partial charge is 0.486 e. The Morgan fingerprint density at radius 1 is 1.00 bits per heavy atom. The Bertz CT molecular complexity index is 1260. The Labute approximate surface area is 186 Å². The molecule has 1 N–H and O–H groups in total. The Morgan fingerprint density at radius 2 is 1.78 bits per heavy atom. The number of nitrogens with one attached hydrogen (secondary N) is 1. The number of ether oxygens (including phenoxy) is 2. The van der Waals surface area contributed by atoms with E-state index < -0.39 is 10.0 Å². The lowest BCUT2D eigenvalue weighted by Gasteiger charge is -2.31. The van der Waals surface area contributed by atoms with Crippen LogP contribution in [0.2, 0.25) is 0 Å². The molecule has 3 heterocycles. The van der Waals surface area contributed by atoms with E-state index in [-0.39, 0.29) is 29.8 Å². The van der Waals surface area contributed by atoms with Gasteiger partial charge in [-0.25, -0.2) is 8.42 Å². The third-order valence-electron chi connectivity index (χ3n) is 5.88. The van der Waals surface area contributed by atoms with Crippen LogP contribution in [0.25, 0.3) is 10.9 Å². The van der Waals surface area contributed by atoms with Crippen molar-refractivity contribution in [2.45, 2.75) is 17.7 Å². The predicted molar refractivity (Wildman–Crippen MR) is 119 cm³/mol. The van der Waals surface area contributed by atoms with Gasteiger partial charge >= 0.3 is 0 Å². The van der Waals surface area contributed by atoms with Gasteiger partial charge in [0, 0.05) is 36.7 Å². The lowest BCUT2D eigenvalue weighted by Crippen LogP contribution is -2.41. The van der Waals surface area contributed by atoms with E-state index >= 15 is 0 Å². The van der Waals surface area contributed by atoms with Gasteiger partial charge < -0.3 is 14.8 Å². The molecule has 0 atom stereocenters. The first-order valence-electron chi connectivity index (χ1n) is 10.6. The molecular formula is C23H23N3O5S. The molecule has 5 rings (SSSR count). The fourth-order valence-electron chi connectivity index (χ4n) is 4.14. The molecule has 8 nitrogen and oxygen atoms in total. The van der Waals surface area contributed by atoms with E-state index in [4.69, 9.17) is 9.47 Å². The Kier molecular flexibility index (Phi) is 5.44. The monoisotopic (exact) mass is 453 g/mol. The highest BCUT2D eigenvalue weighted by Gasteiger charge is 2.33. The summed E-state index contributed by atoms with van der Waals surface area (Å²) in [4.78, 5) is 17.4. The summed E-state index contributed by atoms with van der Waals surface area (Å²) < 4.78 is 38.6. The first-order chi connectivity index (χ1) is 15.5. The number of hydrogen-bond acceptors (Lipinski definition) is 6. The van der Waals surface area contributed by atoms with E-state index in [2.05, 4.69) is 10.3 Å². The zero-order valence-corrected chi connectivity index (χ0v) is 18.2. The number of benzene rings is 2. The number of pyridine rings is 1. The highest BCUT2D eigenvalue weighted by atomic mass is 32.2. The summed E-state index contributed by atoms with van der Waals surface area (Å²) >= 11 is 0. The number of fused-ring (bicyclic) bond motifs is 2. The van der Waals surface area contributed by atoms with Crippen molar-refractivity contribution in [2.24, 2.45) is 5.92 Å². The molecule has 1 aromatic heterocycles. The molecule has 0 unspecified atom stereocenters. The number of rotatable bonds is 4. The van der Waals surface area contributed by atoms with Crippen molar-refractivity contribution in [1.82, 2.24) is 9.29 Å². The minimum Gasteiger partial charge on any atom is -0.486 e. The first-order valence-corrected chi connectivity index (χ1v) is 12.0. The lowest BCUT2D eigenvalue weighted by molar-refractivity contribution is -0.120. The maximum atomic E-state index is 13.1. The maximum Gasteiger partial charge on any atom is 0.243 e.